The summed E-state index contributed by atoms with van der Waals surface area (Å²) in [5.41, 5.74) is 0.741. The van der Waals surface area contributed by atoms with Gasteiger partial charge in [0.05, 0.1) is 6.04 Å². The summed E-state index contributed by atoms with van der Waals surface area (Å²) in [6.45, 7) is 1.82. The molecule has 3 rings (SSSR count). The van der Waals surface area contributed by atoms with Crippen molar-refractivity contribution in [2.24, 2.45) is 0 Å². The van der Waals surface area contributed by atoms with Gasteiger partial charge >= 0.3 is 0 Å². The van der Waals surface area contributed by atoms with Crippen LogP contribution in [0.2, 0.25) is 0 Å². The second-order valence-electron chi connectivity index (χ2n) is 5.60. The van der Waals surface area contributed by atoms with E-state index < -0.39 is 15.9 Å². The van der Waals surface area contributed by atoms with Crippen LogP contribution in [0.3, 0.4) is 0 Å². The molecule has 0 fully saturated rings. The van der Waals surface area contributed by atoms with Gasteiger partial charge in [0.25, 0.3) is 15.9 Å². The normalized spacial score (nSPS) is 13.1. The van der Waals surface area contributed by atoms with E-state index in [1.165, 1.54) is 24.1 Å². The molecular formula is C17H18N2O5S. The van der Waals surface area contributed by atoms with Crippen molar-refractivity contribution < 1.29 is 22.0 Å². The predicted molar refractivity (Wildman–Crippen MR) is 91.7 cm³/mol. The Balaban J connectivity index is 1.84. The number of hydrogen-bond donors (Lipinski definition) is 1. The van der Waals surface area contributed by atoms with Crippen LogP contribution in [0.5, 0.6) is 0 Å². The number of sulfonamides is 1. The molecule has 7 nitrogen and oxygen atoms in total. The van der Waals surface area contributed by atoms with Crippen LogP contribution in [0.25, 0.3) is 11.0 Å². The number of furan rings is 2. The summed E-state index contributed by atoms with van der Waals surface area (Å²) < 4.78 is 36.6. The average Bonchev–Trinajstić information content (AvgIpc) is 3.26. The highest BCUT2D eigenvalue weighted by molar-refractivity contribution is 7.89. The summed E-state index contributed by atoms with van der Waals surface area (Å²) in [6, 6.07) is 11.7. The van der Waals surface area contributed by atoms with Gasteiger partial charge in [-0.15, -0.1) is 0 Å². The maximum absolute atomic E-state index is 12.6. The van der Waals surface area contributed by atoms with Crippen molar-refractivity contribution in [2.45, 2.75) is 18.1 Å². The Hall–Kier alpha value is -2.58. The number of benzene rings is 1. The van der Waals surface area contributed by atoms with Gasteiger partial charge in [-0.2, -0.15) is 0 Å². The van der Waals surface area contributed by atoms with Crippen molar-refractivity contribution >= 4 is 26.9 Å². The number of carbonyl (C=O) groups is 1. The predicted octanol–water partition coefficient (Wildman–Crippen LogP) is 2.77. The molecular weight excluding hydrogens is 344 g/mol. The molecule has 0 spiro atoms. The Morgan fingerprint density at radius 3 is 2.56 bits per heavy atom. The highest BCUT2D eigenvalue weighted by atomic mass is 32.2. The smallest absolute Gasteiger partial charge is 0.289 e. The molecule has 2 aromatic heterocycles. The van der Waals surface area contributed by atoms with Crippen LogP contribution in [-0.2, 0) is 10.0 Å². The molecule has 1 atom stereocenters. The van der Waals surface area contributed by atoms with E-state index in [4.69, 9.17) is 8.83 Å². The van der Waals surface area contributed by atoms with Crippen molar-refractivity contribution in [1.82, 2.24) is 9.62 Å². The number of nitrogens with zero attached hydrogens (tertiary/aromatic N) is 1. The molecule has 8 heteroatoms. The van der Waals surface area contributed by atoms with Crippen LogP contribution in [0.4, 0.5) is 0 Å². The third-order valence-electron chi connectivity index (χ3n) is 4.08. The van der Waals surface area contributed by atoms with Gasteiger partial charge < -0.3 is 13.7 Å². The molecule has 132 valence electrons. The minimum Gasteiger partial charge on any atom is -0.459 e. The molecule has 0 aliphatic carbocycles. The van der Waals surface area contributed by atoms with Crippen molar-refractivity contribution in [3.63, 3.8) is 0 Å². The number of rotatable bonds is 5. The van der Waals surface area contributed by atoms with E-state index in [-0.39, 0.29) is 16.9 Å². The number of amides is 1. The Morgan fingerprint density at radius 2 is 1.88 bits per heavy atom. The number of para-hydroxylation sites is 1. The van der Waals surface area contributed by atoms with Crippen LogP contribution < -0.4 is 4.72 Å². The van der Waals surface area contributed by atoms with Crippen LogP contribution >= 0.6 is 0 Å². The SMILES string of the molecule is CNS(=O)(=O)c1ccc(C(=O)N(C)C(C)c2cc3ccccc3o2)o1. The molecule has 3 aromatic rings. The lowest BCUT2D eigenvalue weighted by atomic mass is 10.2. The van der Waals surface area contributed by atoms with Gasteiger partial charge in [-0.05, 0) is 38.2 Å². The molecule has 1 N–H and O–H groups in total. The van der Waals surface area contributed by atoms with E-state index in [1.54, 1.807) is 7.05 Å². The first-order valence-corrected chi connectivity index (χ1v) is 9.11. The van der Waals surface area contributed by atoms with E-state index in [0.717, 1.165) is 11.0 Å². The van der Waals surface area contributed by atoms with E-state index in [0.29, 0.717) is 5.76 Å². The highest BCUT2D eigenvalue weighted by Crippen LogP contribution is 2.28. The molecule has 0 saturated carbocycles. The fraction of sp³-hybridized carbons (Fsp3) is 0.235. The van der Waals surface area contributed by atoms with Gasteiger partial charge in [0.2, 0.25) is 5.09 Å². The molecule has 0 bridgehead atoms. The minimum atomic E-state index is -3.73. The van der Waals surface area contributed by atoms with Gasteiger partial charge in [-0.3, -0.25) is 4.79 Å². The quantitative estimate of drug-likeness (QED) is 0.753. The molecule has 1 unspecified atom stereocenters. The molecule has 0 aliphatic heterocycles. The third-order valence-corrected chi connectivity index (χ3v) is 5.37. The Morgan fingerprint density at radius 1 is 1.16 bits per heavy atom. The maximum atomic E-state index is 12.6. The Bertz CT molecular complexity index is 986. The van der Waals surface area contributed by atoms with Crippen molar-refractivity contribution in [1.29, 1.82) is 0 Å². The fourth-order valence-electron chi connectivity index (χ4n) is 2.43. The van der Waals surface area contributed by atoms with Crippen LogP contribution in [0.15, 0.2) is 56.4 Å². The zero-order valence-electron chi connectivity index (χ0n) is 14.0. The molecule has 0 aliphatic rings. The first kappa shape index (κ1) is 17.2. The van der Waals surface area contributed by atoms with Gasteiger partial charge in [0.1, 0.15) is 11.3 Å². The lowest BCUT2D eigenvalue weighted by molar-refractivity contribution is 0.0689. The second kappa shape index (κ2) is 6.38. The van der Waals surface area contributed by atoms with Crippen LogP contribution in [0, 0.1) is 0 Å². The van der Waals surface area contributed by atoms with Crippen LogP contribution in [-0.4, -0.2) is 33.3 Å². The standard InChI is InChI=1S/C17H18N2O5S/c1-11(15-10-12-6-4-5-7-13(12)23-15)19(3)17(20)14-8-9-16(24-14)25(21,22)18-2/h4-11,18H,1-3H3. The van der Waals surface area contributed by atoms with Crippen molar-refractivity contribution in [3.05, 3.63) is 54.0 Å². The largest absolute Gasteiger partial charge is 0.459 e. The number of nitrogens with one attached hydrogen (secondary N) is 1. The maximum Gasteiger partial charge on any atom is 0.289 e. The molecule has 25 heavy (non-hydrogen) atoms. The Labute approximate surface area is 145 Å². The van der Waals surface area contributed by atoms with Crippen molar-refractivity contribution in [3.8, 4) is 0 Å². The summed E-state index contributed by atoms with van der Waals surface area (Å²) in [7, 11) is -0.853. The molecule has 1 aromatic carbocycles. The van der Waals surface area contributed by atoms with Gasteiger partial charge in [0, 0.05) is 12.4 Å². The number of hydrogen-bond acceptors (Lipinski definition) is 5. The number of fused-ring (bicyclic) bond motifs is 1. The topological polar surface area (TPSA) is 92.8 Å². The monoisotopic (exact) mass is 362 g/mol. The van der Waals surface area contributed by atoms with Gasteiger partial charge in [0.15, 0.2) is 5.76 Å². The molecule has 0 saturated heterocycles. The molecule has 2 heterocycles. The second-order valence-corrected chi connectivity index (χ2v) is 7.42. The van der Waals surface area contributed by atoms with Gasteiger partial charge in [-0.25, -0.2) is 13.1 Å². The van der Waals surface area contributed by atoms with Gasteiger partial charge in [-0.1, -0.05) is 18.2 Å². The van der Waals surface area contributed by atoms with E-state index in [1.807, 2.05) is 37.3 Å². The van der Waals surface area contributed by atoms with Crippen molar-refractivity contribution in [2.75, 3.05) is 14.1 Å². The summed E-state index contributed by atoms with van der Waals surface area (Å²) in [5, 5.41) is 0.647. The first-order chi connectivity index (χ1) is 11.8. The van der Waals surface area contributed by atoms with E-state index >= 15 is 0 Å². The lowest BCUT2D eigenvalue weighted by Gasteiger charge is -2.22. The summed E-state index contributed by atoms with van der Waals surface area (Å²) in [5.74, 6) is 0.136. The lowest BCUT2D eigenvalue weighted by Crippen LogP contribution is -2.29. The van der Waals surface area contributed by atoms with E-state index in [2.05, 4.69) is 4.72 Å². The molecule has 1 amide bonds. The zero-order valence-corrected chi connectivity index (χ0v) is 14.8. The third kappa shape index (κ3) is 3.18. The number of carbonyl (C=O) groups excluding carboxylic acids is 1. The van der Waals surface area contributed by atoms with Crippen LogP contribution in [0.1, 0.15) is 29.3 Å². The zero-order chi connectivity index (χ0) is 18.2. The molecule has 0 radical (unpaired) electrons. The average molecular weight is 362 g/mol. The fourth-order valence-corrected chi connectivity index (χ4v) is 3.08. The van der Waals surface area contributed by atoms with E-state index in [9.17, 15) is 13.2 Å². The Kier molecular flexibility index (Phi) is 4.40. The summed E-state index contributed by atoms with van der Waals surface area (Å²) in [6.07, 6.45) is 0. The minimum absolute atomic E-state index is 0.0562. The summed E-state index contributed by atoms with van der Waals surface area (Å²) >= 11 is 0. The highest BCUT2D eigenvalue weighted by Gasteiger charge is 2.26. The summed E-state index contributed by atoms with van der Waals surface area (Å²) in [4.78, 5) is 14.0. The first-order valence-electron chi connectivity index (χ1n) is 7.62.